The minimum atomic E-state index is -0.565. The minimum Gasteiger partial charge on any atom is -0.277 e. The smallest absolute Gasteiger partial charge is 0.260 e. The molecule has 17 heavy (non-hydrogen) atoms. The summed E-state index contributed by atoms with van der Waals surface area (Å²) in [5.74, 6) is -0.513. The maximum absolute atomic E-state index is 12.2. The predicted molar refractivity (Wildman–Crippen MR) is 66.0 cm³/mol. The molecular weight excluding hydrogens is 238 g/mol. The van der Waals surface area contributed by atoms with Gasteiger partial charge in [0.2, 0.25) is 5.91 Å². The molecule has 0 bridgehead atoms. The molecule has 0 saturated carbocycles. The lowest BCUT2D eigenvalue weighted by Crippen LogP contribution is -2.40. The highest BCUT2D eigenvalue weighted by molar-refractivity contribution is 6.32. The molecule has 0 unspecified atom stereocenters. The summed E-state index contributed by atoms with van der Waals surface area (Å²) < 4.78 is 0. The molecule has 0 N–H and O–H groups in total. The van der Waals surface area contributed by atoms with Gasteiger partial charge in [0.25, 0.3) is 5.91 Å². The van der Waals surface area contributed by atoms with Gasteiger partial charge in [-0.2, -0.15) is 0 Å². The van der Waals surface area contributed by atoms with E-state index in [1.807, 2.05) is 6.07 Å². The molecule has 90 valence electrons. The molecule has 1 atom stereocenters. The van der Waals surface area contributed by atoms with Crippen molar-refractivity contribution in [2.45, 2.75) is 24.6 Å². The second-order valence-electron chi connectivity index (χ2n) is 4.12. The van der Waals surface area contributed by atoms with Gasteiger partial charge in [0.05, 0.1) is 0 Å². The van der Waals surface area contributed by atoms with Gasteiger partial charge in [-0.1, -0.05) is 18.2 Å². The average Bonchev–Trinajstić information content (AvgIpc) is 2.53. The minimum absolute atomic E-state index is 0.247. The first kappa shape index (κ1) is 12.1. The average molecular weight is 252 g/mol. The highest BCUT2D eigenvalue weighted by atomic mass is 35.5. The Kier molecular flexibility index (Phi) is 3.79. The van der Waals surface area contributed by atoms with Gasteiger partial charge < -0.3 is 0 Å². The van der Waals surface area contributed by atoms with Crippen LogP contribution >= 0.6 is 11.6 Å². The van der Waals surface area contributed by atoms with Crippen LogP contribution in [-0.4, -0.2) is 28.6 Å². The zero-order chi connectivity index (χ0) is 12.3. The van der Waals surface area contributed by atoms with Crippen LogP contribution in [0.3, 0.4) is 0 Å². The number of carbonyl (C=O) groups excluding carboxylic acids is 2. The van der Waals surface area contributed by atoms with Crippen LogP contribution in [0.25, 0.3) is 0 Å². The number of halogens is 1. The molecule has 1 heterocycles. The maximum atomic E-state index is 12.2. The van der Waals surface area contributed by atoms with E-state index in [1.165, 1.54) is 4.90 Å². The van der Waals surface area contributed by atoms with E-state index in [-0.39, 0.29) is 11.8 Å². The first-order chi connectivity index (χ1) is 8.20. The van der Waals surface area contributed by atoms with Crippen molar-refractivity contribution < 1.29 is 9.59 Å². The summed E-state index contributed by atoms with van der Waals surface area (Å²) >= 11 is 5.95. The van der Waals surface area contributed by atoms with Gasteiger partial charge in [0, 0.05) is 12.1 Å². The van der Waals surface area contributed by atoms with E-state index < -0.39 is 5.38 Å². The van der Waals surface area contributed by atoms with Crippen molar-refractivity contribution in [2.75, 3.05) is 6.54 Å². The molecule has 2 rings (SSSR count). The largest absolute Gasteiger partial charge is 0.277 e. The quantitative estimate of drug-likeness (QED) is 0.568. The van der Waals surface area contributed by atoms with Gasteiger partial charge in [0.15, 0.2) is 0 Å². The standard InChI is InChI=1S/C13H14ClNO2/c14-11-8-4-5-9-15(13(11)17)12(16)10-6-2-1-3-7-10/h1-3,6-7,11H,4-5,8-9H2/t11-/m0/s1. The molecule has 0 spiro atoms. The molecule has 1 fully saturated rings. The van der Waals surface area contributed by atoms with Crippen LogP contribution in [0.1, 0.15) is 29.6 Å². The molecule has 0 aliphatic carbocycles. The Labute approximate surface area is 105 Å². The van der Waals surface area contributed by atoms with E-state index in [0.29, 0.717) is 18.5 Å². The number of amides is 2. The molecule has 3 nitrogen and oxygen atoms in total. The Morgan fingerprint density at radius 3 is 2.65 bits per heavy atom. The van der Waals surface area contributed by atoms with Crippen molar-refractivity contribution in [2.24, 2.45) is 0 Å². The molecule has 4 heteroatoms. The second-order valence-corrected chi connectivity index (χ2v) is 4.65. The van der Waals surface area contributed by atoms with Crippen molar-refractivity contribution in [1.82, 2.24) is 4.90 Å². The normalized spacial score (nSPS) is 21.1. The molecule has 0 radical (unpaired) electrons. The fourth-order valence-corrected chi connectivity index (χ4v) is 2.21. The second kappa shape index (κ2) is 5.32. The summed E-state index contributed by atoms with van der Waals surface area (Å²) in [5, 5.41) is -0.565. The Hall–Kier alpha value is -1.35. The van der Waals surface area contributed by atoms with E-state index >= 15 is 0 Å². The maximum Gasteiger partial charge on any atom is 0.260 e. The lowest BCUT2D eigenvalue weighted by atomic mass is 10.2. The number of carbonyl (C=O) groups is 2. The lowest BCUT2D eigenvalue weighted by Gasteiger charge is -2.20. The third kappa shape index (κ3) is 2.67. The Bertz CT molecular complexity index is 419. The van der Waals surface area contributed by atoms with Crippen LogP contribution in [0.4, 0.5) is 0 Å². The van der Waals surface area contributed by atoms with E-state index in [0.717, 1.165) is 12.8 Å². The molecular formula is C13H14ClNO2. The number of nitrogens with zero attached hydrogens (tertiary/aromatic N) is 1. The van der Waals surface area contributed by atoms with E-state index in [1.54, 1.807) is 24.3 Å². The highest BCUT2D eigenvalue weighted by Gasteiger charge is 2.29. The number of hydrogen-bond acceptors (Lipinski definition) is 2. The van der Waals surface area contributed by atoms with E-state index in [9.17, 15) is 9.59 Å². The number of likely N-dealkylation sites (tertiary alicyclic amines) is 1. The summed E-state index contributed by atoms with van der Waals surface area (Å²) in [6, 6.07) is 8.83. The van der Waals surface area contributed by atoms with Crippen LogP contribution < -0.4 is 0 Å². The van der Waals surface area contributed by atoms with Crippen LogP contribution in [-0.2, 0) is 4.79 Å². The highest BCUT2D eigenvalue weighted by Crippen LogP contribution is 2.18. The van der Waals surface area contributed by atoms with Crippen LogP contribution in [0.5, 0.6) is 0 Å². The first-order valence-corrected chi connectivity index (χ1v) is 6.18. The SMILES string of the molecule is O=C(c1ccccc1)N1CCCC[C@H](Cl)C1=O. The van der Waals surface area contributed by atoms with Crippen LogP contribution in [0.15, 0.2) is 30.3 Å². The fraction of sp³-hybridized carbons (Fsp3) is 0.385. The summed E-state index contributed by atoms with van der Waals surface area (Å²) in [4.78, 5) is 25.4. The van der Waals surface area contributed by atoms with Crippen molar-refractivity contribution in [1.29, 1.82) is 0 Å². The number of benzene rings is 1. The molecule has 1 aromatic rings. The van der Waals surface area contributed by atoms with Gasteiger partial charge in [-0.25, -0.2) is 0 Å². The van der Waals surface area contributed by atoms with Crippen molar-refractivity contribution in [3.05, 3.63) is 35.9 Å². The van der Waals surface area contributed by atoms with Crippen LogP contribution in [0, 0.1) is 0 Å². The number of imide groups is 1. The Morgan fingerprint density at radius 1 is 1.24 bits per heavy atom. The van der Waals surface area contributed by atoms with Gasteiger partial charge in [0.1, 0.15) is 5.38 Å². The van der Waals surface area contributed by atoms with Gasteiger partial charge >= 0.3 is 0 Å². The third-order valence-corrected chi connectivity index (χ3v) is 3.29. The summed E-state index contributed by atoms with van der Waals surface area (Å²) in [6.45, 7) is 0.468. The molecule has 0 aromatic heterocycles. The van der Waals surface area contributed by atoms with Gasteiger partial charge in [-0.3, -0.25) is 14.5 Å². The molecule has 2 amide bonds. The van der Waals surface area contributed by atoms with Gasteiger partial charge in [-0.15, -0.1) is 11.6 Å². The Balaban J connectivity index is 2.21. The van der Waals surface area contributed by atoms with Crippen molar-refractivity contribution in [3.8, 4) is 0 Å². The number of hydrogen-bond donors (Lipinski definition) is 0. The van der Waals surface area contributed by atoms with E-state index in [4.69, 9.17) is 11.6 Å². The molecule has 1 saturated heterocycles. The number of rotatable bonds is 1. The fourth-order valence-electron chi connectivity index (χ4n) is 1.93. The Morgan fingerprint density at radius 2 is 1.94 bits per heavy atom. The van der Waals surface area contributed by atoms with Crippen LogP contribution in [0.2, 0.25) is 0 Å². The summed E-state index contributed by atoms with van der Waals surface area (Å²) in [7, 11) is 0. The zero-order valence-corrected chi connectivity index (χ0v) is 10.2. The zero-order valence-electron chi connectivity index (χ0n) is 9.43. The topological polar surface area (TPSA) is 37.4 Å². The third-order valence-electron chi connectivity index (χ3n) is 2.89. The molecule has 1 aliphatic rings. The summed E-state index contributed by atoms with van der Waals surface area (Å²) in [5.41, 5.74) is 0.534. The summed E-state index contributed by atoms with van der Waals surface area (Å²) in [6.07, 6.45) is 2.37. The van der Waals surface area contributed by atoms with Gasteiger partial charge in [-0.05, 0) is 31.4 Å². The predicted octanol–water partition coefficient (Wildman–Crippen LogP) is 2.45. The van der Waals surface area contributed by atoms with Crippen molar-refractivity contribution >= 4 is 23.4 Å². The monoisotopic (exact) mass is 251 g/mol. The van der Waals surface area contributed by atoms with Crippen molar-refractivity contribution in [3.63, 3.8) is 0 Å². The molecule has 1 aliphatic heterocycles. The first-order valence-electron chi connectivity index (χ1n) is 5.75. The molecule has 1 aromatic carbocycles. The van der Waals surface area contributed by atoms with E-state index in [2.05, 4.69) is 0 Å². The number of alkyl halides is 1. The lowest BCUT2D eigenvalue weighted by molar-refractivity contribution is -0.127.